The molecule has 6 heteroatoms. The third kappa shape index (κ3) is 13.9. The van der Waals surface area contributed by atoms with E-state index in [1.165, 1.54) is 0 Å². The maximum absolute atomic E-state index is 6.07. The minimum absolute atomic E-state index is 0.0295. The molecule has 3 unspecified atom stereocenters. The Morgan fingerprint density at radius 3 is 2.00 bits per heavy atom. The highest BCUT2D eigenvalue weighted by atomic mass is 16.6. The van der Waals surface area contributed by atoms with Crippen LogP contribution in [0.1, 0.15) is 54.4 Å². The molecule has 0 saturated carbocycles. The zero-order valence-corrected chi connectivity index (χ0v) is 18.2. The summed E-state index contributed by atoms with van der Waals surface area (Å²) in [6, 6.07) is 0. The molecule has 0 radical (unpaired) electrons. The Morgan fingerprint density at radius 2 is 1.46 bits per heavy atom. The van der Waals surface area contributed by atoms with Crippen LogP contribution in [0.3, 0.4) is 0 Å². The molecule has 0 aliphatic carbocycles. The van der Waals surface area contributed by atoms with E-state index in [1.807, 2.05) is 20.8 Å². The highest BCUT2D eigenvalue weighted by Crippen LogP contribution is 2.20. The Labute approximate surface area is 160 Å². The molecule has 0 saturated heterocycles. The van der Waals surface area contributed by atoms with Gasteiger partial charge in [-0.15, -0.1) is 0 Å². The van der Waals surface area contributed by atoms with Gasteiger partial charge >= 0.3 is 0 Å². The van der Waals surface area contributed by atoms with Crippen molar-refractivity contribution in [2.24, 2.45) is 0 Å². The van der Waals surface area contributed by atoms with Gasteiger partial charge in [0.05, 0.1) is 43.7 Å². The van der Waals surface area contributed by atoms with Gasteiger partial charge in [0.15, 0.2) is 0 Å². The Kier molecular flexibility index (Phi) is 14.6. The first-order chi connectivity index (χ1) is 12.2. The van der Waals surface area contributed by atoms with Gasteiger partial charge in [-0.1, -0.05) is 0 Å². The average molecular weight is 379 g/mol. The lowest BCUT2D eigenvalue weighted by Crippen LogP contribution is -2.35. The highest BCUT2D eigenvalue weighted by Gasteiger charge is 2.25. The maximum atomic E-state index is 6.07. The SMILES string of the molecule is CCOCC(COC(C)CCOC(C)(C)CC(COC(C)C)OC)OC. The van der Waals surface area contributed by atoms with Crippen molar-refractivity contribution in [2.45, 2.75) is 84.4 Å². The van der Waals surface area contributed by atoms with Crippen LogP contribution in [0.2, 0.25) is 0 Å². The lowest BCUT2D eigenvalue weighted by molar-refractivity contribution is -0.0950. The lowest BCUT2D eigenvalue weighted by Gasteiger charge is -2.30. The smallest absolute Gasteiger partial charge is 0.104 e. The second-order valence-electron chi connectivity index (χ2n) is 7.50. The van der Waals surface area contributed by atoms with Crippen LogP contribution < -0.4 is 0 Å². The van der Waals surface area contributed by atoms with Crippen molar-refractivity contribution in [3.8, 4) is 0 Å². The van der Waals surface area contributed by atoms with E-state index in [-0.39, 0.29) is 30.0 Å². The average Bonchev–Trinajstić information content (AvgIpc) is 2.58. The molecule has 0 aromatic heterocycles. The third-order valence-corrected chi connectivity index (χ3v) is 4.09. The minimum atomic E-state index is -0.273. The first-order valence-corrected chi connectivity index (χ1v) is 9.74. The molecule has 3 atom stereocenters. The van der Waals surface area contributed by atoms with Gasteiger partial charge in [-0.05, 0) is 48.0 Å². The summed E-state index contributed by atoms with van der Waals surface area (Å²) in [7, 11) is 3.40. The summed E-state index contributed by atoms with van der Waals surface area (Å²) in [4.78, 5) is 0. The Morgan fingerprint density at radius 1 is 0.846 bits per heavy atom. The Bertz CT molecular complexity index is 321. The first-order valence-electron chi connectivity index (χ1n) is 9.74. The predicted octanol–water partition coefficient (Wildman–Crippen LogP) is 3.46. The molecule has 0 aromatic rings. The van der Waals surface area contributed by atoms with Gasteiger partial charge in [0, 0.05) is 33.9 Å². The summed E-state index contributed by atoms with van der Waals surface area (Å²) in [6.45, 7) is 15.2. The number of hydrogen-bond donors (Lipinski definition) is 0. The van der Waals surface area contributed by atoms with E-state index in [9.17, 15) is 0 Å². The van der Waals surface area contributed by atoms with Crippen molar-refractivity contribution in [3.05, 3.63) is 0 Å². The van der Waals surface area contributed by atoms with Crippen LogP contribution in [0.25, 0.3) is 0 Å². The first kappa shape index (κ1) is 25.8. The second-order valence-corrected chi connectivity index (χ2v) is 7.50. The predicted molar refractivity (Wildman–Crippen MR) is 104 cm³/mol. The molecular weight excluding hydrogens is 336 g/mol. The number of ether oxygens (including phenoxy) is 6. The van der Waals surface area contributed by atoms with Gasteiger partial charge in [-0.25, -0.2) is 0 Å². The van der Waals surface area contributed by atoms with Crippen molar-refractivity contribution in [1.29, 1.82) is 0 Å². The van der Waals surface area contributed by atoms with E-state index in [0.29, 0.717) is 33.0 Å². The fourth-order valence-electron chi connectivity index (χ4n) is 2.41. The van der Waals surface area contributed by atoms with Crippen LogP contribution in [0, 0.1) is 0 Å². The zero-order valence-electron chi connectivity index (χ0n) is 18.2. The van der Waals surface area contributed by atoms with Gasteiger partial charge in [-0.2, -0.15) is 0 Å². The molecule has 0 aliphatic heterocycles. The summed E-state index contributed by atoms with van der Waals surface area (Å²) in [6.07, 6.45) is 1.92. The van der Waals surface area contributed by atoms with Crippen LogP contribution in [0.15, 0.2) is 0 Å². The molecule has 0 aliphatic rings. The van der Waals surface area contributed by atoms with E-state index in [1.54, 1.807) is 14.2 Å². The molecule has 0 fully saturated rings. The van der Waals surface area contributed by atoms with Gasteiger partial charge in [-0.3, -0.25) is 0 Å². The fourth-order valence-corrected chi connectivity index (χ4v) is 2.41. The van der Waals surface area contributed by atoms with Crippen LogP contribution >= 0.6 is 0 Å². The largest absolute Gasteiger partial charge is 0.379 e. The normalized spacial score (nSPS) is 16.0. The van der Waals surface area contributed by atoms with Gasteiger partial charge in [0.25, 0.3) is 0 Å². The monoisotopic (exact) mass is 378 g/mol. The van der Waals surface area contributed by atoms with Crippen molar-refractivity contribution in [1.82, 2.24) is 0 Å². The number of methoxy groups -OCH3 is 2. The van der Waals surface area contributed by atoms with Crippen LogP contribution in [-0.4, -0.2) is 77.3 Å². The van der Waals surface area contributed by atoms with Gasteiger partial charge in [0.1, 0.15) is 6.10 Å². The molecule has 0 amide bonds. The van der Waals surface area contributed by atoms with Crippen LogP contribution in [-0.2, 0) is 28.4 Å². The molecule has 0 spiro atoms. The maximum Gasteiger partial charge on any atom is 0.104 e. The standard InChI is InChI=1S/C20H42O6/c1-9-23-13-19(22-8)15-25-17(4)10-11-26-20(5,6)12-18(21-7)14-24-16(2)3/h16-19H,9-15H2,1-8H3. The number of rotatable bonds is 17. The van der Waals surface area contributed by atoms with E-state index < -0.39 is 0 Å². The van der Waals surface area contributed by atoms with E-state index in [4.69, 9.17) is 28.4 Å². The number of hydrogen-bond acceptors (Lipinski definition) is 6. The summed E-state index contributed by atoms with van der Waals surface area (Å²) >= 11 is 0. The topological polar surface area (TPSA) is 55.4 Å². The second kappa shape index (κ2) is 14.8. The molecule has 158 valence electrons. The summed E-state index contributed by atoms with van der Waals surface area (Å²) < 4.78 is 33.8. The van der Waals surface area contributed by atoms with E-state index in [0.717, 1.165) is 12.8 Å². The molecule has 0 aromatic carbocycles. The van der Waals surface area contributed by atoms with E-state index in [2.05, 4.69) is 20.8 Å². The highest BCUT2D eigenvalue weighted by molar-refractivity contribution is 4.75. The van der Waals surface area contributed by atoms with Crippen molar-refractivity contribution >= 4 is 0 Å². The minimum Gasteiger partial charge on any atom is -0.379 e. The van der Waals surface area contributed by atoms with Gasteiger partial charge < -0.3 is 28.4 Å². The third-order valence-electron chi connectivity index (χ3n) is 4.09. The molecule has 0 heterocycles. The summed E-state index contributed by atoms with van der Waals surface area (Å²) in [5.41, 5.74) is -0.273. The lowest BCUT2D eigenvalue weighted by atomic mass is 10.0. The molecule has 0 bridgehead atoms. The summed E-state index contributed by atoms with van der Waals surface area (Å²) in [5.74, 6) is 0. The van der Waals surface area contributed by atoms with Crippen molar-refractivity contribution in [2.75, 3.05) is 47.3 Å². The zero-order chi connectivity index (χ0) is 20.0. The molecule has 6 nitrogen and oxygen atoms in total. The van der Waals surface area contributed by atoms with Crippen molar-refractivity contribution < 1.29 is 28.4 Å². The molecule has 0 rings (SSSR count). The van der Waals surface area contributed by atoms with Crippen LogP contribution in [0.5, 0.6) is 0 Å². The molecule has 26 heavy (non-hydrogen) atoms. The van der Waals surface area contributed by atoms with E-state index >= 15 is 0 Å². The Hall–Kier alpha value is -0.240. The summed E-state index contributed by atoms with van der Waals surface area (Å²) in [5, 5.41) is 0. The van der Waals surface area contributed by atoms with Crippen LogP contribution in [0.4, 0.5) is 0 Å². The molecular formula is C20H42O6. The molecule has 0 N–H and O–H groups in total. The Balaban J connectivity index is 4.06. The quantitative estimate of drug-likeness (QED) is 0.386. The fraction of sp³-hybridized carbons (Fsp3) is 1.00. The van der Waals surface area contributed by atoms with Gasteiger partial charge in [0.2, 0.25) is 0 Å². The van der Waals surface area contributed by atoms with Crippen molar-refractivity contribution in [3.63, 3.8) is 0 Å².